The maximum absolute atomic E-state index is 12.7. The Kier molecular flexibility index (Phi) is 3.59. The quantitative estimate of drug-likeness (QED) is 0.913. The molecule has 0 bridgehead atoms. The molecular weight excluding hydrogens is 266 g/mol. The van der Waals surface area contributed by atoms with Crippen molar-refractivity contribution in [1.82, 2.24) is 14.8 Å². The van der Waals surface area contributed by atoms with Crippen LogP contribution in [-0.4, -0.2) is 48.2 Å². The second-order valence-electron chi connectivity index (χ2n) is 5.62. The lowest BCUT2D eigenvalue weighted by atomic mass is 10.2. The van der Waals surface area contributed by atoms with Crippen LogP contribution in [-0.2, 0) is 7.05 Å². The van der Waals surface area contributed by atoms with Gasteiger partial charge in [0.05, 0.1) is 12.6 Å². The summed E-state index contributed by atoms with van der Waals surface area (Å²) in [7, 11) is 3.58. The highest BCUT2D eigenvalue weighted by Gasteiger charge is 2.24. The molecule has 1 aliphatic heterocycles. The summed E-state index contributed by atoms with van der Waals surface area (Å²) in [6, 6.07) is 8.18. The molecule has 2 heterocycles. The lowest BCUT2D eigenvalue weighted by Crippen LogP contribution is -2.51. The average molecular weight is 287 g/mol. The molecule has 5 nitrogen and oxygen atoms in total. The number of methoxy groups -OCH3 is 1. The van der Waals surface area contributed by atoms with Crippen molar-refractivity contribution in [3.63, 3.8) is 0 Å². The second kappa shape index (κ2) is 5.41. The Bertz CT molecular complexity index is 677. The summed E-state index contributed by atoms with van der Waals surface area (Å²) >= 11 is 0. The smallest absolute Gasteiger partial charge is 0.270 e. The first-order valence-electron chi connectivity index (χ1n) is 7.26. The standard InChI is InChI=1S/C16H21N3O2/c1-11-10-19(7-6-17-11)16(20)15-8-12-4-5-13(21-3)9-14(12)18(15)2/h4-5,8-9,11,17H,6-7,10H2,1-3H3/t11-/m1/s1. The Balaban J connectivity index is 1.96. The Morgan fingerprint density at radius 3 is 2.90 bits per heavy atom. The second-order valence-corrected chi connectivity index (χ2v) is 5.62. The molecule has 1 aromatic carbocycles. The number of benzene rings is 1. The minimum absolute atomic E-state index is 0.0982. The minimum atomic E-state index is 0.0982. The number of aromatic nitrogens is 1. The van der Waals surface area contributed by atoms with Crippen LogP contribution in [0, 0.1) is 0 Å². The van der Waals surface area contributed by atoms with Crippen LogP contribution < -0.4 is 10.1 Å². The van der Waals surface area contributed by atoms with Gasteiger partial charge in [0, 0.05) is 44.2 Å². The molecule has 1 aromatic heterocycles. The van der Waals surface area contributed by atoms with E-state index >= 15 is 0 Å². The molecule has 1 atom stereocenters. The van der Waals surface area contributed by atoms with Crippen LogP contribution in [0.1, 0.15) is 17.4 Å². The number of carbonyl (C=O) groups excluding carboxylic acids is 1. The third kappa shape index (κ3) is 2.49. The third-order valence-corrected chi connectivity index (χ3v) is 4.13. The molecule has 5 heteroatoms. The van der Waals surface area contributed by atoms with Crippen LogP contribution in [0.5, 0.6) is 5.75 Å². The van der Waals surface area contributed by atoms with Crippen molar-refractivity contribution in [2.75, 3.05) is 26.7 Å². The van der Waals surface area contributed by atoms with E-state index in [0.29, 0.717) is 6.04 Å². The number of rotatable bonds is 2. The number of fused-ring (bicyclic) bond motifs is 1. The van der Waals surface area contributed by atoms with Crippen LogP contribution in [0.3, 0.4) is 0 Å². The molecule has 1 amide bonds. The van der Waals surface area contributed by atoms with E-state index in [1.54, 1.807) is 7.11 Å². The average Bonchev–Trinajstić information content (AvgIpc) is 2.83. The number of carbonyl (C=O) groups is 1. The van der Waals surface area contributed by atoms with Gasteiger partial charge in [0.15, 0.2) is 0 Å². The number of amides is 1. The molecule has 2 aromatic rings. The monoisotopic (exact) mass is 287 g/mol. The van der Waals surface area contributed by atoms with Crippen molar-refractivity contribution in [2.24, 2.45) is 7.05 Å². The summed E-state index contributed by atoms with van der Waals surface area (Å²) in [5, 5.41) is 4.42. The largest absolute Gasteiger partial charge is 0.497 e. The lowest BCUT2D eigenvalue weighted by Gasteiger charge is -2.31. The Hall–Kier alpha value is -2.01. The summed E-state index contributed by atoms with van der Waals surface area (Å²) in [5.41, 5.74) is 1.74. The highest BCUT2D eigenvalue weighted by molar-refractivity contribution is 5.99. The molecule has 3 rings (SSSR count). The molecule has 1 aliphatic rings. The predicted molar refractivity (Wildman–Crippen MR) is 82.8 cm³/mol. The van der Waals surface area contributed by atoms with Gasteiger partial charge in [-0.05, 0) is 25.1 Å². The maximum atomic E-state index is 12.7. The van der Waals surface area contributed by atoms with Gasteiger partial charge in [0.1, 0.15) is 11.4 Å². The summed E-state index contributed by atoms with van der Waals surface area (Å²) in [4.78, 5) is 14.7. The molecule has 1 N–H and O–H groups in total. The van der Waals surface area contributed by atoms with Crippen LogP contribution in [0.4, 0.5) is 0 Å². The molecule has 0 unspecified atom stereocenters. The Morgan fingerprint density at radius 2 is 2.19 bits per heavy atom. The van der Waals surface area contributed by atoms with E-state index in [2.05, 4.69) is 12.2 Å². The first-order valence-corrected chi connectivity index (χ1v) is 7.26. The zero-order chi connectivity index (χ0) is 15.0. The fraction of sp³-hybridized carbons (Fsp3) is 0.438. The highest BCUT2D eigenvalue weighted by atomic mass is 16.5. The van der Waals surface area contributed by atoms with Crippen molar-refractivity contribution in [2.45, 2.75) is 13.0 Å². The van der Waals surface area contributed by atoms with E-state index in [9.17, 15) is 4.79 Å². The van der Waals surface area contributed by atoms with Gasteiger partial charge in [-0.1, -0.05) is 0 Å². The van der Waals surface area contributed by atoms with Gasteiger partial charge in [-0.15, -0.1) is 0 Å². The van der Waals surface area contributed by atoms with E-state index in [1.165, 1.54) is 0 Å². The number of hydrogen-bond donors (Lipinski definition) is 1. The van der Waals surface area contributed by atoms with Gasteiger partial charge >= 0.3 is 0 Å². The van der Waals surface area contributed by atoms with Crippen molar-refractivity contribution < 1.29 is 9.53 Å². The fourth-order valence-electron chi connectivity index (χ4n) is 2.92. The molecule has 0 saturated carbocycles. The van der Waals surface area contributed by atoms with Crippen LogP contribution in [0.2, 0.25) is 0 Å². The molecule has 0 radical (unpaired) electrons. The maximum Gasteiger partial charge on any atom is 0.270 e. The minimum Gasteiger partial charge on any atom is -0.497 e. The highest BCUT2D eigenvalue weighted by Crippen LogP contribution is 2.24. The SMILES string of the molecule is COc1ccc2cc(C(=O)N3CCN[C@H](C)C3)n(C)c2c1. The zero-order valence-corrected chi connectivity index (χ0v) is 12.7. The first kappa shape index (κ1) is 13.9. The topological polar surface area (TPSA) is 46.5 Å². The molecular formula is C16H21N3O2. The van der Waals surface area contributed by atoms with Crippen molar-refractivity contribution in [3.8, 4) is 5.75 Å². The van der Waals surface area contributed by atoms with Crippen LogP contribution in [0.25, 0.3) is 10.9 Å². The summed E-state index contributed by atoms with van der Waals surface area (Å²) in [6.45, 7) is 4.47. The molecule has 0 aliphatic carbocycles. The number of ether oxygens (including phenoxy) is 1. The molecule has 21 heavy (non-hydrogen) atoms. The number of aryl methyl sites for hydroxylation is 1. The summed E-state index contributed by atoms with van der Waals surface area (Å²) in [6.07, 6.45) is 0. The molecule has 1 saturated heterocycles. The first-order chi connectivity index (χ1) is 10.1. The van der Waals surface area contributed by atoms with E-state index in [4.69, 9.17) is 4.74 Å². The van der Waals surface area contributed by atoms with Crippen LogP contribution in [0.15, 0.2) is 24.3 Å². The van der Waals surface area contributed by atoms with Gasteiger partial charge in [-0.2, -0.15) is 0 Å². The van der Waals surface area contributed by atoms with Gasteiger partial charge in [-0.3, -0.25) is 4.79 Å². The number of piperazine rings is 1. The van der Waals surface area contributed by atoms with E-state index in [-0.39, 0.29) is 5.91 Å². The normalized spacial score (nSPS) is 19.0. The zero-order valence-electron chi connectivity index (χ0n) is 12.7. The van der Waals surface area contributed by atoms with Crippen molar-refractivity contribution >= 4 is 16.8 Å². The molecule has 0 spiro atoms. The van der Waals surface area contributed by atoms with Crippen molar-refractivity contribution in [3.05, 3.63) is 30.0 Å². The van der Waals surface area contributed by atoms with E-state index in [0.717, 1.165) is 42.0 Å². The van der Waals surface area contributed by atoms with Gasteiger partial charge in [0.2, 0.25) is 0 Å². The molecule has 1 fully saturated rings. The molecule has 112 valence electrons. The van der Waals surface area contributed by atoms with E-state index < -0.39 is 0 Å². The lowest BCUT2D eigenvalue weighted by molar-refractivity contribution is 0.0700. The van der Waals surface area contributed by atoms with Gasteiger partial charge in [-0.25, -0.2) is 0 Å². The third-order valence-electron chi connectivity index (χ3n) is 4.13. The number of nitrogens with one attached hydrogen (secondary N) is 1. The number of nitrogens with zero attached hydrogens (tertiary/aromatic N) is 2. The predicted octanol–water partition coefficient (Wildman–Crippen LogP) is 1.62. The summed E-state index contributed by atoms with van der Waals surface area (Å²) < 4.78 is 7.21. The van der Waals surface area contributed by atoms with Gasteiger partial charge < -0.3 is 19.5 Å². The number of hydrogen-bond acceptors (Lipinski definition) is 3. The van der Waals surface area contributed by atoms with Crippen molar-refractivity contribution in [1.29, 1.82) is 0 Å². The van der Waals surface area contributed by atoms with E-state index in [1.807, 2.05) is 40.8 Å². The van der Waals surface area contributed by atoms with Crippen LogP contribution >= 0.6 is 0 Å². The Morgan fingerprint density at radius 1 is 1.38 bits per heavy atom. The Labute approximate surface area is 124 Å². The summed E-state index contributed by atoms with van der Waals surface area (Å²) in [5.74, 6) is 0.902. The fourth-order valence-corrected chi connectivity index (χ4v) is 2.92. The van der Waals surface area contributed by atoms with Gasteiger partial charge in [0.25, 0.3) is 5.91 Å².